The highest BCUT2D eigenvalue weighted by Gasteiger charge is 2.14. The number of rotatable bonds is 0. The van der Waals surface area contributed by atoms with Gasteiger partial charge in [-0.2, -0.15) is 0 Å². The summed E-state index contributed by atoms with van der Waals surface area (Å²) in [6.07, 6.45) is 0. The monoisotopic (exact) mass is 232 g/mol. The first-order chi connectivity index (χ1) is 7.84. The molecule has 1 aromatic carbocycles. The highest BCUT2D eigenvalue weighted by molar-refractivity contribution is 5.89. The Morgan fingerprint density at radius 3 is 2.53 bits per heavy atom. The van der Waals surface area contributed by atoms with E-state index < -0.39 is 5.97 Å². The van der Waals surface area contributed by atoms with Gasteiger partial charge in [0.25, 0.3) is 0 Å². The van der Waals surface area contributed by atoms with E-state index in [1.54, 1.807) is 12.1 Å². The van der Waals surface area contributed by atoms with Gasteiger partial charge in [0.1, 0.15) is 5.75 Å². The molecular weight excluding hydrogens is 216 g/mol. The summed E-state index contributed by atoms with van der Waals surface area (Å²) in [5.41, 5.74) is 1.45. The second kappa shape index (κ2) is 4.92. The Morgan fingerprint density at radius 2 is 2.00 bits per heavy atom. The number of phenolic OH excluding ortho intramolecular Hbond substituents is 1. The molecule has 3 heteroatoms. The third kappa shape index (κ3) is 3.53. The summed E-state index contributed by atoms with van der Waals surface area (Å²) in [6, 6.07) is 5.21. The molecule has 0 spiro atoms. The molecule has 0 amide bonds. The molecule has 0 aliphatic carbocycles. The van der Waals surface area contributed by atoms with Crippen molar-refractivity contribution in [2.24, 2.45) is 0 Å². The average molecular weight is 232 g/mol. The first-order valence-corrected chi connectivity index (χ1v) is 5.28. The van der Waals surface area contributed by atoms with Crippen LogP contribution in [0.15, 0.2) is 18.2 Å². The minimum Gasteiger partial charge on any atom is -0.507 e. The van der Waals surface area contributed by atoms with Crippen LogP contribution in [0.25, 0.3) is 0 Å². The fourth-order valence-corrected chi connectivity index (χ4v) is 1.27. The fourth-order valence-electron chi connectivity index (χ4n) is 1.27. The first-order valence-electron chi connectivity index (χ1n) is 5.28. The molecule has 90 valence electrons. The summed E-state index contributed by atoms with van der Waals surface area (Å²) >= 11 is 0. The second-order valence-corrected chi connectivity index (χ2v) is 4.72. The molecule has 1 aromatic rings. The van der Waals surface area contributed by atoms with Crippen molar-refractivity contribution >= 4 is 5.97 Å². The molecule has 1 N–H and O–H groups in total. The largest absolute Gasteiger partial charge is 0.507 e. The van der Waals surface area contributed by atoms with Gasteiger partial charge in [0.2, 0.25) is 0 Å². The Bertz CT molecular complexity index is 484. The molecule has 0 aromatic heterocycles. The Kier molecular flexibility index (Phi) is 3.80. The summed E-state index contributed by atoms with van der Waals surface area (Å²) < 4.78 is 4.42. The van der Waals surface area contributed by atoms with Gasteiger partial charge >= 0.3 is 5.97 Å². The van der Waals surface area contributed by atoms with Crippen molar-refractivity contribution in [2.75, 3.05) is 7.11 Å². The van der Waals surface area contributed by atoms with Crippen LogP contribution in [-0.4, -0.2) is 18.2 Å². The molecular formula is C14H16O3. The number of aromatic hydroxyl groups is 1. The number of benzene rings is 1. The maximum Gasteiger partial charge on any atom is 0.384 e. The third-order valence-corrected chi connectivity index (χ3v) is 2.35. The lowest BCUT2D eigenvalue weighted by molar-refractivity contribution is -0.133. The van der Waals surface area contributed by atoms with Crippen LogP contribution in [0.5, 0.6) is 5.75 Å². The highest BCUT2D eigenvalue weighted by Crippen LogP contribution is 2.26. The lowest BCUT2D eigenvalue weighted by Gasteiger charge is -2.19. The lowest BCUT2D eigenvalue weighted by Crippen LogP contribution is -2.10. The molecule has 0 radical (unpaired) electrons. The predicted octanol–water partition coefficient (Wildman–Crippen LogP) is 2.21. The molecule has 0 aliphatic rings. The number of hydrogen-bond acceptors (Lipinski definition) is 3. The third-order valence-electron chi connectivity index (χ3n) is 2.35. The Labute approximate surface area is 101 Å². The van der Waals surface area contributed by atoms with Crippen LogP contribution in [0, 0.1) is 11.8 Å². The quantitative estimate of drug-likeness (QED) is 0.551. The van der Waals surface area contributed by atoms with E-state index in [9.17, 15) is 9.90 Å². The van der Waals surface area contributed by atoms with Crippen molar-refractivity contribution in [1.82, 2.24) is 0 Å². The van der Waals surface area contributed by atoms with Crippen LogP contribution >= 0.6 is 0 Å². The smallest absolute Gasteiger partial charge is 0.384 e. The molecule has 0 unspecified atom stereocenters. The van der Waals surface area contributed by atoms with Gasteiger partial charge in [-0.1, -0.05) is 32.8 Å². The zero-order valence-electron chi connectivity index (χ0n) is 10.5. The average Bonchev–Trinajstić information content (AvgIpc) is 2.26. The van der Waals surface area contributed by atoms with E-state index in [1.165, 1.54) is 7.11 Å². The van der Waals surface area contributed by atoms with E-state index in [2.05, 4.69) is 37.3 Å². The number of esters is 1. The van der Waals surface area contributed by atoms with Crippen LogP contribution in [-0.2, 0) is 14.9 Å². The van der Waals surface area contributed by atoms with E-state index in [1.807, 2.05) is 6.07 Å². The molecule has 17 heavy (non-hydrogen) atoms. The van der Waals surface area contributed by atoms with Crippen molar-refractivity contribution in [3.63, 3.8) is 0 Å². The summed E-state index contributed by atoms with van der Waals surface area (Å²) in [5.74, 6) is 4.34. The molecule has 0 saturated carbocycles. The number of carbonyl (C=O) groups excluding carboxylic acids is 1. The second-order valence-electron chi connectivity index (χ2n) is 4.72. The molecule has 1 rings (SSSR count). The zero-order chi connectivity index (χ0) is 13.1. The summed E-state index contributed by atoms with van der Waals surface area (Å²) in [7, 11) is 1.27. The van der Waals surface area contributed by atoms with Gasteiger partial charge in [-0.15, -0.1) is 0 Å². The van der Waals surface area contributed by atoms with Crippen molar-refractivity contribution in [1.29, 1.82) is 0 Å². The van der Waals surface area contributed by atoms with E-state index in [-0.39, 0.29) is 11.2 Å². The fraction of sp³-hybridized carbons (Fsp3) is 0.357. The van der Waals surface area contributed by atoms with E-state index in [0.29, 0.717) is 5.56 Å². The van der Waals surface area contributed by atoms with Crippen LogP contribution < -0.4 is 0 Å². The van der Waals surface area contributed by atoms with Crippen molar-refractivity contribution in [2.45, 2.75) is 26.2 Å². The van der Waals surface area contributed by atoms with Gasteiger partial charge in [0.05, 0.1) is 12.7 Å². The zero-order valence-corrected chi connectivity index (χ0v) is 10.5. The van der Waals surface area contributed by atoms with Crippen molar-refractivity contribution in [3.8, 4) is 17.6 Å². The summed E-state index contributed by atoms with van der Waals surface area (Å²) in [6.45, 7) is 6.20. The molecule has 0 fully saturated rings. The van der Waals surface area contributed by atoms with Gasteiger partial charge < -0.3 is 9.84 Å². The van der Waals surface area contributed by atoms with E-state index in [4.69, 9.17) is 0 Å². The number of phenols is 1. The summed E-state index contributed by atoms with van der Waals surface area (Å²) in [4.78, 5) is 10.9. The molecule has 3 nitrogen and oxygen atoms in total. The standard InChI is InChI=1S/C14H16O3/c1-14(2,3)11-6-7-12(15)10(9-11)5-8-13(16)17-4/h6-7,9,15H,1-4H3. The molecule has 0 aliphatic heterocycles. The molecule has 0 saturated heterocycles. The SMILES string of the molecule is COC(=O)C#Cc1cc(C(C)(C)C)ccc1O. The maximum absolute atomic E-state index is 10.9. The van der Waals surface area contributed by atoms with Gasteiger partial charge in [-0.3, -0.25) is 0 Å². The number of methoxy groups -OCH3 is 1. The molecule has 0 heterocycles. The minimum absolute atomic E-state index is 0.0323. The number of ether oxygens (including phenoxy) is 1. The summed E-state index contributed by atoms with van der Waals surface area (Å²) in [5, 5.41) is 9.63. The Balaban J connectivity index is 3.15. The Morgan fingerprint density at radius 1 is 1.35 bits per heavy atom. The first kappa shape index (κ1) is 13.1. The van der Waals surface area contributed by atoms with E-state index >= 15 is 0 Å². The maximum atomic E-state index is 10.9. The van der Waals surface area contributed by atoms with E-state index in [0.717, 1.165) is 5.56 Å². The van der Waals surface area contributed by atoms with Gasteiger partial charge in [-0.05, 0) is 23.1 Å². The van der Waals surface area contributed by atoms with Crippen molar-refractivity contribution in [3.05, 3.63) is 29.3 Å². The lowest BCUT2D eigenvalue weighted by atomic mass is 9.86. The van der Waals surface area contributed by atoms with Crippen molar-refractivity contribution < 1.29 is 14.6 Å². The van der Waals surface area contributed by atoms with Gasteiger partial charge in [-0.25, -0.2) is 4.79 Å². The molecule has 0 bridgehead atoms. The highest BCUT2D eigenvalue weighted by atomic mass is 16.5. The minimum atomic E-state index is -0.620. The molecule has 0 atom stereocenters. The van der Waals surface area contributed by atoms with Crippen LogP contribution in [0.2, 0.25) is 0 Å². The number of hydrogen-bond donors (Lipinski definition) is 1. The number of carbonyl (C=O) groups is 1. The topological polar surface area (TPSA) is 46.5 Å². The van der Waals surface area contributed by atoms with Gasteiger partial charge in [0, 0.05) is 5.92 Å². The van der Waals surface area contributed by atoms with Crippen LogP contribution in [0.4, 0.5) is 0 Å². The normalized spacial score (nSPS) is 10.4. The Hall–Kier alpha value is -1.95. The van der Waals surface area contributed by atoms with Gasteiger partial charge in [0.15, 0.2) is 0 Å². The predicted molar refractivity (Wildman–Crippen MR) is 65.7 cm³/mol. The van der Waals surface area contributed by atoms with Crippen LogP contribution in [0.3, 0.4) is 0 Å². The van der Waals surface area contributed by atoms with Crippen LogP contribution in [0.1, 0.15) is 31.9 Å².